The van der Waals surface area contributed by atoms with E-state index in [1.165, 1.54) is 12.1 Å². The Morgan fingerprint density at radius 1 is 1.32 bits per heavy atom. The number of hydrogen-bond donors (Lipinski definition) is 2. The van der Waals surface area contributed by atoms with E-state index in [1.807, 2.05) is 6.07 Å². The molecule has 0 bridgehead atoms. The molecule has 4 rings (SSSR count). The Kier molecular flexibility index (Phi) is 5.37. The fraction of sp³-hybridized carbons (Fsp3) is 0.182. The van der Waals surface area contributed by atoms with Gasteiger partial charge in [0.1, 0.15) is 17.5 Å². The van der Waals surface area contributed by atoms with Crippen molar-refractivity contribution in [2.45, 2.75) is 19.3 Å². The van der Waals surface area contributed by atoms with Gasteiger partial charge in [0, 0.05) is 18.0 Å². The fourth-order valence-corrected chi connectivity index (χ4v) is 3.55. The molecule has 1 aromatic carbocycles. The summed E-state index contributed by atoms with van der Waals surface area (Å²) < 4.78 is 23.9. The lowest BCUT2D eigenvalue weighted by Gasteiger charge is -2.24. The van der Waals surface area contributed by atoms with E-state index in [0.29, 0.717) is 16.8 Å². The van der Waals surface area contributed by atoms with Crippen LogP contribution in [0.15, 0.2) is 54.2 Å². The highest BCUT2D eigenvalue weighted by Gasteiger charge is 2.36. The van der Waals surface area contributed by atoms with Gasteiger partial charge in [0.15, 0.2) is 0 Å². The van der Waals surface area contributed by atoms with Gasteiger partial charge in [0.25, 0.3) is 0 Å². The quantitative estimate of drug-likeness (QED) is 0.609. The monoisotopic (exact) mass is 419 g/mol. The minimum atomic E-state index is -0.648. The summed E-state index contributed by atoms with van der Waals surface area (Å²) in [6, 6.07) is 9.95. The van der Waals surface area contributed by atoms with Crippen molar-refractivity contribution in [2.24, 2.45) is 5.73 Å². The van der Waals surface area contributed by atoms with Gasteiger partial charge in [0.05, 0.1) is 30.2 Å². The molecule has 31 heavy (non-hydrogen) atoms. The van der Waals surface area contributed by atoms with Crippen LogP contribution in [0, 0.1) is 17.1 Å². The first-order chi connectivity index (χ1) is 15.0. The van der Waals surface area contributed by atoms with Crippen LogP contribution in [0.4, 0.5) is 4.39 Å². The third kappa shape index (κ3) is 3.83. The van der Waals surface area contributed by atoms with E-state index in [9.17, 15) is 14.4 Å². The normalized spacial score (nSPS) is 15.1. The van der Waals surface area contributed by atoms with Crippen molar-refractivity contribution in [3.05, 3.63) is 76.8 Å². The second-order valence-corrected chi connectivity index (χ2v) is 6.84. The SMILES string of the molecule is CCOC(=O)Cc1[nH]nc2c1[C@H](c1cncc(-c3ccc(F)cc3)c1)C(C#N)=C(N)O2. The highest BCUT2D eigenvalue weighted by molar-refractivity contribution is 5.73. The summed E-state index contributed by atoms with van der Waals surface area (Å²) in [5, 5.41) is 16.7. The highest BCUT2D eigenvalue weighted by Crippen LogP contribution is 2.43. The average Bonchev–Trinajstić information content (AvgIpc) is 3.15. The number of H-pyrrole nitrogens is 1. The number of carbonyl (C=O) groups excluding carboxylic acids is 1. The molecular formula is C22H18FN5O3. The molecule has 0 saturated heterocycles. The fourth-order valence-electron chi connectivity index (χ4n) is 3.55. The number of carbonyl (C=O) groups is 1. The van der Waals surface area contributed by atoms with Gasteiger partial charge < -0.3 is 15.2 Å². The number of benzene rings is 1. The number of nitrogens with zero attached hydrogens (tertiary/aromatic N) is 3. The first-order valence-electron chi connectivity index (χ1n) is 9.53. The Bertz CT molecular complexity index is 1210. The Morgan fingerprint density at radius 2 is 2.10 bits per heavy atom. The Balaban J connectivity index is 1.81. The third-order valence-electron chi connectivity index (χ3n) is 4.91. The molecule has 8 nitrogen and oxygen atoms in total. The zero-order valence-corrected chi connectivity index (χ0v) is 16.6. The average molecular weight is 419 g/mol. The lowest BCUT2D eigenvalue weighted by atomic mass is 9.83. The molecule has 0 saturated carbocycles. The molecule has 3 aromatic rings. The van der Waals surface area contributed by atoms with Crippen LogP contribution in [-0.4, -0.2) is 27.8 Å². The first-order valence-corrected chi connectivity index (χ1v) is 9.53. The number of fused-ring (bicyclic) bond motifs is 1. The van der Waals surface area contributed by atoms with E-state index in [1.54, 1.807) is 31.5 Å². The maximum atomic E-state index is 13.3. The number of rotatable bonds is 5. The second-order valence-electron chi connectivity index (χ2n) is 6.84. The number of allylic oxidation sites excluding steroid dienone is 1. The first kappa shape index (κ1) is 20.1. The van der Waals surface area contributed by atoms with Crippen molar-refractivity contribution in [1.29, 1.82) is 5.26 Å². The van der Waals surface area contributed by atoms with Crippen LogP contribution in [0.3, 0.4) is 0 Å². The van der Waals surface area contributed by atoms with Gasteiger partial charge in [-0.1, -0.05) is 12.1 Å². The van der Waals surface area contributed by atoms with E-state index in [2.05, 4.69) is 21.3 Å². The molecule has 3 heterocycles. The summed E-state index contributed by atoms with van der Waals surface area (Å²) in [5.41, 5.74) is 9.29. The van der Waals surface area contributed by atoms with Crippen LogP contribution >= 0.6 is 0 Å². The van der Waals surface area contributed by atoms with Gasteiger partial charge >= 0.3 is 5.97 Å². The maximum Gasteiger partial charge on any atom is 0.311 e. The van der Waals surface area contributed by atoms with Gasteiger partial charge in [-0.05, 0) is 36.2 Å². The maximum absolute atomic E-state index is 13.3. The number of nitrogens with one attached hydrogen (secondary N) is 1. The summed E-state index contributed by atoms with van der Waals surface area (Å²) in [6.45, 7) is 1.96. The van der Waals surface area contributed by atoms with Gasteiger partial charge in [-0.2, -0.15) is 5.26 Å². The number of aromatic nitrogens is 3. The molecule has 1 aliphatic heterocycles. The molecule has 2 aromatic heterocycles. The number of aromatic amines is 1. The van der Waals surface area contributed by atoms with Crippen molar-refractivity contribution >= 4 is 5.97 Å². The van der Waals surface area contributed by atoms with Crippen LogP contribution in [0.1, 0.15) is 29.7 Å². The Hall–Kier alpha value is -4.19. The van der Waals surface area contributed by atoms with Gasteiger partial charge in [-0.3, -0.25) is 14.9 Å². The van der Waals surface area contributed by atoms with E-state index in [4.69, 9.17) is 15.2 Å². The molecule has 0 spiro atoms. The van der Waals surface area contributed by atoms with Crippen molar-refractivity contribution in [2.75, 3.05) is 6.61 Å². The number of nitrogens with two attached hydrogens (primary N) is 1. The number of halogens is 1. The number of ether oxygens (including phenoxy) is 2. The zero-order valence-electron chi connectivity index (χ0n) is 16.6. The summed E-state index contributed by atoms with van der Waals surface area (Å²) in [6.07, 6.45) is 3.18. The van der Waals surface area contributed by atoms with Crippen LogP contribution < -0.4 is 10.5 Å². The van der Waals surface area contributed by atoms with Gasteiger partial charge in [-0.15, -0.1) is 5.10 Å². The van der Waals surface area contributed by atoms with Crippen molar-refractivity contribution in [3.63, 3.8) is 0 Å². The number of hydrogen-bond acceptors (Lipinski definition) is 7. The molecule has 1 aliphatic rings. The molecule has 156 valence electrons. The summed E-state index contributed by atoms with van der Waals surface area (Å²) in [4.78, 5) is 16.4. The number of nitriles is 1. The largest absolute Gasteiger partial charge is 0.466 e. The molecule has 1 atom stereocenters. The lowest BCUT2D eigenvalue weighted by molar-refractivity contribution is -0.142. The topological polar surface area (TPSA) is 127 Å². The summed E-state index contributed by atoms with van der Waals surface area (Å²) in [7, 11) is 0. The standard InChI is InChI=1S/C22H18FN5O3/c1-2-30-18(29)8-17-20-19(16(9-24)21(25)31-22(20)28-27-17)14-7-13(10-26-11-14)12-3-5-15(23)6-4-12/h3-7,10-11,19H,2,8,25H2,1H3,(H,27,28)/t19-/m1/s1. The second kappa shape index (κ2) is 8.28. The molecule has 0 unspecified atom stereocenters. The molecular weight excluding hydrogens is 401 g/mol. The van der Waals surface area contributed by atoms with E-state index in [-0.39, 0.29) is 36.2 Å². The van der Waals surface area contributed by atoms with Crippen LogP contribution in [0.25, 0.3) is 11.1 Å². The van der Waals surface area contributed by atoms with E-state index >= 15 is 0 Å². The van der Waals surface area contributed by atoms with Crippen LogP contribution in [0.2, 0.25) is 0 Å². The minimum absolute atomic E-state index is 0.0682. The van der Waals surface area contributed by atoms with Crippen LogP contribution in [-0.2, 0) is 16.0 Å². The molecule has 9 heteroatoms. The number of pyridine rings is 1. The summed E-state index contributed by atoms with van der Waals surface area (Å²) in [5.74, 6) is -1.31. The lowest BCUT2D eigenvalue weighted by Crippen LogP contribution is -2.22. The predicted octanol–water partition coefficient (Wildman–Crippen LogP) is 2.93. The predicted molar refractivity (Wildman–Crippen MR) is 108 cm³/mol. The minimum Gasteiger partial charge on any atom is -0.466 e. The van der Waals surface area contributed by atoms with Gasteiger partial charge in [-0.25, -0.2) is 4.39 Å². The van der Waals surface area contributed by atoms with E-state index in [0.717, 1.165) is 11.1 Å². The Morgan fingerprint density at radius 3 is 2.81 bits per heavy atom. The van der Waals surface area contributed by atoms with Crippen molar-refractivity contribution in [3.8, 4) is 23.1 Å². The highest BCUT2D eigenvalue weighted by atomic mass is 19.1. The molecule has 0 amide bonds. The van der Waals surface area contributed by atoms with Crippen LogP contribution in [0.5, 0.6) is 5.88 Å². The smallest absolute Gasteiger partial charge is 0.311 e. The van der Waals surface area contributed by atoms with Crippen molar-refractivity contribution in [1.82, 2.24) is 15.2 Å². The Labute approximate surface area is 177 Å². The van der Waals surface area contributed by atoms with E-state index < -0.39 is 11.9 Å². The number of esters is 1. The molecule has 0 radical (unpaired) electrons. The van der Waals surface area contributed by atoms with Gasteiger partial charge in [0.2, 0.25) is 11.8 Å². The summed E-state index contributed by atoms with van der Waals surface area (Å²) >= 11 is 0. The molecule has 3 N–H and O–H groups in total. The third-order valence-corrected chi connectivity index (χ3v) is 4.91. The molecule has 0 fully saturated rings. The molecule has 0 aliphatic carbocycles. The zero-order chi connectivity index (χ0) is 22.0. The van der Waals surface area contributed by atoms with Crippen molar-refractivity contribution < 1.29 is 18.7 Å².